The van der Waals surface area contributed by atoms with Crippen LogP contribution in [0.3, 0.4) is 0 Å². The van der Waals surface area contributed by atoms with Crippen molar-refractivity contribution < 1.29 is 14.6 Å². The van der Waals surface area contributed by atoms with E-state index in [1.54, 1.807) is 0 Å². The molecule has 1 unspecified atom stereocenters. The number of guanidine groups is 1. The molecule has 7 nitrogen and oxygen atoms in total. The molecular formula is C21H35IN4O3. The number of carbonyl (C=O) groups excluding carboxylic acids is 1. The number of amides is 1. The Balaban J connectivity index is 0.00000420. The van der Waals surface area contributed by atoms with Gasteiger partial charge in [0.05, 0.1) is 13.2 Å². The van der Waals surface area contributed by atoms with Crippen LogP contribution >= 0.6 is 24.0 Å². The molecule has 1 heterocycles. The number of aliphatic imine (C=N–C) groups is 1. The van der Waals surface area contributed by atoms with Gasteiger partial charge in [-0.15, -0.1) is 24.0 Å². The monoisotopic (exact) mass is 518 g/mol. The van der Waals surface area contributed by atoms with Gasteiger partial charge < -0.3 is 25.8 Å². The highest BCUT2D eigenvalue weighted by Gasteiger charge is 2.34. The Hall–Kier alpha value is -1.39. The van der Waals surface area contributed by atoms with Crippen molar-refractivity contribution in [2.24, 2.45) is 10.4 Å². The van der Waals surface area contributed by atoms with E-state index >= 15 is 0 Å². The first-order valence-corrected chi connectivity index (χ1v) is 10.2. The molecule has 1 aliphatic rings. The average Bonchev–Trinajstić information content (AvgIpc) is 3.14. The quantitative estimate of drug-likeness (QED) is 0.217. The molecule has 1 saturated heterocycles. The van der Waals surface area contributed by atoms with Gasteiger partial charge in [-0.05, 0) is 43.9 Å². The number of nitrogens with one attached hydrogen (secondary N) is 3. The van der Waals surface area contributed by atoms with Crippen LogP contribution in [0.15, 0.2) is 29.3 Å². The third-order valence-corrected chi connectivity index (χ3v) is 4.94. The van der Waals surface area contributed by atoms with Gasteiger partial charge in [0.25, 0.3) is 0 Å². The van der Waals surface area contributed by atoms with E-state index in [2.05, 4.69) is 20.9 Å². The lowest BCUT2D eigenvalue weighted by Gasteiger charge is -2.27. The smallest absolute Gasteiger partial charge is 0.224 e. The van der Waals surface area contributed by atoms with Crippen molar-refractivity contribution >= 4 is 41.5 Å². The Bertz CT molecular complexity index is 631. The fraction of sp³-hybridized carbons (Fsp3) is 0.619. The first kappa shape index (κ1) is 25.6. The normalized spacial score (nSPS) is 18.8. The second kappa shape index (κ2) is 13.8. The minimum atomic E-state index is -0.0245. The first-order valence-electron chi connectivity index (χ1n) is 10.2. The van der Waals surface area contributed by atoms with Gasteiger partial charge in [-0.3, -0.25) is 4.79 Å². The van der Waals surface area contributed by atoms with Crippen molar-refractivity contribution in [2.75, 3.05) is 38.2 Å². The summed E-state index contributed by atoms with van der Waals surface area (Å²) in [6, 6.07) is 7.77. The van der Waals surface area contributed by atoms with Crippen LogP contribution in [0.25, 0.3) is 0 Å². The van der Waals surface area contributed by atoms with Crippen molar-refractivity contribution in [1.82, 2.24) is 10.6 Å². The Kier molecular flexibility index (Phi) is 12.2. The Morgan fingerprint density at radius 2 is 2.00 bits per heavy atom. The molecule has 1 aliphatic heterocycles. The summed E-state index contributed by atoms with van der Waals surface area (Å²) in [7, 11) is 0. The Morgan fingerprint density at radius 3 is 2.59 bits per heavy atom. The van der Waals surface area contributed by atoms with E-state index in [4.69, 9.17) is 4.74 Å². The zero-order valence-electron chi connectivity index (χ0n) is 17.5. The third-order valence-electron chi connectivity index (χ3n) is 4.94. The summed E-state index contributed by atoms with van der Waals surface area (Å²) in [5, 5.41) is 18.9. The maximum absolute atomic E-state index is 11.7. The second-order valence-electron chi connectivity index (χ2n) is 7.32. The lowest BCUT2D eigenvalue weighted by Crippen LogP contribution is -2.44. The second-order valence-corrected chi connectivity index (χ2v) is 7.32. The topological polar surface area (TPSA) is 95.0 Å². The van der Waals surface area contributed by atoms with Crippen LogP contribution in [0.4, 0.5) is 5.69 Å². The van der Waals surface area contributed by atoms with Crippen molar-refractivity contribution in [3.05, 3.63) is 29.8 Å². The summed E-state index contributed by atoms with van der Waals surface area (Å²) in [6.07, 6.45) is 3.05. The number of ether oxygens (including phenoxy) is 1. The van der Waals surface area contributed by atoms with Crippen molar-refractivity contribution in [1.29, 1.82) is 0 Å². The van der Waals surface area contributed by atoms with Crippen molar-refractivity contribution in [3.8, 4) is 0 Å². The predicted octanol–water partition coefficient (Wildman–Crippen LogP) is 2.89. The Morgan fingerprint density at radius 1 is 1.24 bits per heavy atom. The van der Waals surface area contributed by atoms with Crippen molar-refractivity contribution in [3.63, 3.8) is 0 Å². The number of benzene rings is 1. The first-order chi connectivity index (χ1) is 13.6. The van der Waals surface area contributed by atoms with Gasteiger partial charge in [0.15, 0.2) is 5.96 Å². The van der Waals surface area contributed by atoms with E-state index in [-0.39, 0.29) is 41.9 Å². The lowest BCUT2D eigenvalue weighted by atomic mass is 9.84. The molecule has 1 aromatic carbocycles. The summed E-state index contributed by atoms with van der Waals surface area (Å²) in [6.45, 7) is 7.65. The molecule has 4 N–H and O–H groups in total. The van der Waals surface area contributed by atoms with Gasteiger partial charge in [-0.25, -0.2) is 4.99 Å². The molecule has 0 bridgehead atoms. The maximum Gasteiger partial charge on any atom is 0.224 e. The standard InChI is InChI=1S/C21H34N4O3.HI/c1-3-5-19(27)25-18-8-6-17(7-9-18)14-23-20(22-4-2)24-15-21(10-12-26)11-13-28-16-21;/h6-9,26H,3-5,10-16H2,1-2H3,(H,25,27)(H2,22,23,24);1H. The van der Waals surface area contributed by atoms with E-state index in [0.717, 1.165) is 56.2 Å². The number of rotatable bonds is 10. The highest BCUT2D eigenvalue weighted by molar-refractivity contribution is 14.0. The molecule has 0 radical (unpaired) electrons. The number of carbonyl (C=O) groups is 1. The summed E-state index contributed by atoms with van der Waals surface area (Å²) in [5.41, 5.74) is 1.85. The van der Waals surface area contributed by atoms with Gasteiger partial charge in [-0.1, -0.05) is 19.1 Å². The molecule has 1 atom stereocenters. The molecule has 8 heteroatoms. The van der Waals surface area contributed by atoms with E-state index in [0.29, 0.717) is 19.6 Å². The molecular weight excluding hydrogens is 483 g/mol. The van der Waals surface area contributed by atoms with Crippen LogP contribution in [0, 0.1) is 5.41 Å². The van der Waals surface area contributed by atoms with Gasteiger partial charge in [0.2, 0.25) is 5.91 Å². The Labute approximate surface area is 191 Å². The van der Waals surface area contributed by atoms with Gasteiger partial charge in [-0.2, -0.15) is 0 Å². The highest BCUT2D eigenvalue weighted by Crippen LogP contribution is 2.31. The van der Waals surface area contributed by atoms with Crippen LogP contribution in [-0.4, -0.2) is 49.9 Å². The molecule has 1 aromatic rings. The molecule has 0 aliphatic carbocycles. The summed E-state index contributed by atoms with van der Waals surface area (Å²) < 4.78 is 5.55. The van der Waals surface area contributed by atoms with E-state index < -0.39 is 0 Å². The zero-order valence-corrected chi connectivity index (χ0v) is 19.8. The average molecular weight is 518 g/mol. The number of hydrogen-bond acceptors (Lipinski definition) is 4. The highest BCUT2D eigenvalue weighted by atomic mass is 127. The number of aliphatic hydroxyl groups excluding tert-OH is 1. The summed E-state index contributed by atoms with van der Waals surface area (Å²) in [5.74, 6) is 0.798. The number of hydrogen-bond donors (Lipinski definition) is 4. The summed E-state index contributed by atoms with van der Waals surface area (Å²) >= 11 is 0. The van der Waals surface area contributed by atoms with E-state index in [9.17, 15) is 9.90 Å². The van der Waals surface area contributed by atoms with Gasteiger partial charge in [0, 0.05) is 43.8 Å². The fourth-order valence-corrected chi connectivity index (χ4v) is 3.24. The number of aliphatic hydroxyl groups is 1. The molecule has 1 amide bonds. The molecule has 1 fully saturated rings. The zero-order chi connectivity index (χ0) is 20.2. The molecule has 29 heavy (non-hydrogen) atoms. The predicted molar refractivity (Wildman–Crippen MR) is 128 cm³/mol. The maximum atomic E-state index is 11.7. The fourth-order valence-electron chi connectivity index (χ4n) is 3.24. The molecule has 2 rings (SSSR count). The molecule has 0 aromatic heterocycles. The SMILES string of the molecule is CCCC(=O)Nc1ccc(CN=C(NCC)NCC2(CCO)CCOC2)cc1.I. The van der Waals surface area contributed by atoms with Crippen LogP contribution in [-0.2, 0) is 16.1 Å². The minimum absolute atomic E-state index is 0. The largest absolute Gasteiger partial charge is 0.396 e. The third kappa shape index (κ3) is 8.88. The van der Waals surface area contributed by atoms with Gasteiger partial charge >= 0.3 is 0 Å². The number of anilines is 1. The number of nitrogens with zero attached hydrogens (tertiary/aromatic N) is 1. The lowest BCUT2D eigenvalue weighted by molar-refractivity contribution is -0.116. The van der Waals surface area contributed by atoms with Gasteiger partial charge in [0.1, 0.15) is 0 Å². The van der Waals surface area contributed by atoms with Crippen LogP contribution in [0.5, 0.6) is 0 Å². The van der Waals surface area contributed by atoms with Crippen LogP contribution in [0.2, 0.25) is 0 Å². The molecule has 0 spiro atoms. The van der Waals surface area contributed by atoms with E-state index in [1.807, 2.05) is 38.1 Å². The number of halogens is 1. The van der Waals surface area contributed by atoms with Crippen LogP contribution < -0.4 is 16.0 Å². The molecule has 0 saturated carbocycles. The van der Waals surface area contributed by atoms with Crippen molar-refractivity contribution in [2.45, 2.75) is 46.1 Å². The van der Waals surface area contributed by atoms with Crippen LogP contribution in [0.1, 0.15) is 45.1 Å². The summed E-state index contributed by atoms with van der Waals surface area (Å²) in [4.78, 5) is 16.3. The minimum Gasteiger partial charge on any atom is -0.396 e. The molecule has 164 valence electrons. The van der Waals surface area contributed by atoms with E-state index in [1.165, 1.54) is 0 Å².